The van der Waals surface area contributed by atoms with E-state index in [1.165, 1.54) is 0 Å². The van der Waals surface area contributed by atoms with E-state index in [0.717, 1.165) is 27.8 Å². The van der Waals surface area contributed by atoms with Crippen molar-refractivity contribution < 1.29 is 23.7 Å². The van der Waals surface area contributed by atoms with Gasteiger partial charge in [-0.1, -0.05) is 29.8 Å². The number of carbonyl (C=O) groups is 1. The van der Waals surface area contributed by atoms with Crippen molar-refractivity contribution in [2.75, 3.05) is 21.0 Å². The number of amides is 1. The number of carbonyl (C=O) groups excluding carboxylic acids is 1. The summed E-state index contributed by atoms with van der Waals surface area (Å²) in [6, 6.07) is 20.9. The average Bonchev–Trinajstić information content (AvgIpc) is 3.66. The zero-order valence-corrected chi connectivity index (χ0v) is 24.9. The molecule has 0 fully saturated rings. The Kier molecular flexibility index (Phi) is 8.07. The highest BCUT2D eigenvalue weighted by Gasteiger charge is 2.22. The van der Waals surface area contributed by atoms with E-state index in [1.807, 2.05) is 84.8 Å². The Morgan fingerprint density at radius 1 is 0.977 bits per heavy atom. The number of benzene rings is 3. The van der Waals surface area contributed by atoms with E-state index in [2.05, 4.69) is 5.10 Å². The first-order valence-corrected chi connectivity index (χ1v) is 14.3. The van der Waals surface area contributed by atoms with E-state index in [9.17, 15) is 4.79 Å². The van der Waals surface area contributed by atoms with Gasteiger partial charge in [0.2, 0.25) is 12.7 Å². The lowest BCUT2D eigenvalue weighted by Gasteiger charge is -2.25. The Morgan fingerprint density at radius 3 is 2.56 bits per heavy atom. The molecule has 1 aliphatic rings. The number of pyridine rings is 1. The normalized spacial score (nSPS) is 12.0. The average molecular weight is 599 g/mol. The van der Waals surface area contributed by atoms with Crippen LogP contribution in [0.5, 0.6) is 23.0 Å². The molecule has 2 aromatic heterocycles. The fourth-order valence-corrected chi connectivity index (χ4v) is 5.44. The number of hydrogen-bond acceptors (Lipinski definition) is 7. The summed E-state index contributed by atoms with van der Waals surface area (Å²) in [6.45, 7) is 3.22. The smallest absolute Gasteiger partial charge is 0.231 e. The molecule has 43 heavy (non-hydrogen) atoms. The maximum Gasteiger partial charge on any atom is 0.231 e. The molecule has 1 amide bonds. The molecule has 1 aliphatic heterocycles. The van der Waals surface area contributed by atoms with E-state index < -0.39 is 0 Å². The van der Waals surface area contributed by atoms with Crippen molar-refractivity contribution in [3.05, 3.63) is 94.8 Å². The zero-order chi connectivity index (χ0) is 29.9. The SMILES string of the molecule is COc1ccc(OC)c2nc(-c3cccc(Cl)c3)c(CN(Cc3ccc4c(c3)OCO4)C(=O)CCn3ccc(C)n3)cc12. The second-order valence-corrected chi connectivity index (χ2v) is 10.7. The van der Waals surface area contributed by atoms with Crippen molar-refractivity contribution in [1.82, 2.24) is 19.7 Å². The summed E-state index contributed by atoms with van der Waals surface area (Å²) in [5.41, 5.74) is 4.85. The first-order chi connectivity index (χ1) is 20.9. The van der Waals surface area contributed by atoms with Gasteiger partial charge in [0.15, 0.2) is 11.5 Å². The molecule has 6 rings (SSSR count). The van der Waals surface area contributed by atoms with E-state index in [1.54, 1.807) is 18.9 Å². The van der Waals surface area contributed by atoms with Crippen LogP contribution in [0.25, 0.3) is 22.2 Å². The third-order valence-electron chi connectivity index (χ3n) is 7.38. The van der Waals surface area contributed by atoms with Crippen LogP contribution in [-0.2, 0) is 24.4 Å². The first kappa shape index (κ1) is 28.4. The molecule has 220 valence electrons. The van der Waals surface area contributed by atoms with E-state index in [4.69, 9.17) is 35.5 Å². The Bertz CT molecular complexity index is 1800. The predicted octanol–water partition coefficient (Wildman–Crippen LogP) is 6.43. The number of aryl methyl sites for hydroxylation is 2. The van der Waals surface area contributed by atoms with Crippen molar-refractivity contribution >= 4 is 28.4 Å². The zero-order valence-electron chi connectivity index (χ0n) is 24.2. The van der Waals surface area contributed by atoms with E-state index >= 15 is 0 Å². The van der Waals surface area contributed by atoms with Gasteiger partial charge in [-0.3, -0.25) is 9.48 Å². The van der Waals surface area contributed by atoms with Crippen LogP contribution in [0.2, 0.25) is 5.02 Å². The number of halogens is 1. The van der Waals surface area contributed by atoms with E-state index in [0.29, 0.717) is 52.3 Å². The lowest BCUT2D eigenvalue weighted by Crippen LogP contribution is -2.31. The summed E-state index contributed by atoms with van der Waals surface area (Å²) in [5, 5.41) is 5.82. The van der Waals surface area contributed by atoms with Gasteiger partial charge in [-0.25, -0.2) is 4.98 Å². The van der Waals surface area contributed by atoms with Crippen LogP contribution >= 0.6 is 11.6 Å². The minimum atomic E-state index is -0.0273. The van der Waals surface area contributed by atoms with E-state index in [-0.39, 0.29) is 25.7 Å². The van der Waals surface area contributed by atoms with Gasteiger partial charge in [0.05, 0.1) is 25.6 Å². The number of aromatic nitrogens is 3. The van der Waals surface area contributed by atoms with Crippen molar-refractivity contribution in [3.63, 3.8) is 0 Å². The van der Waals surface area contributed by atoms with Crippen molar-refractivity contribution in [1.29, 1.82) is 0 Å². The predicted molar refractivity (Wildman–Crippen MR) is 164 cm³/mol. The lowest BCUT2D eigenvalue weighted by atomic mass is 10.0. The molecular weight excluding hydrogens is 568 g/mol. The highest BCUT2D eigenvalue weighted by Crippen LogP contribution is 2.37. The summed E-state index contributed by atoms with van der Waals surface area (Å²) < 4.78 is 24.2. The minimum absolute atomic E-state index is 0.0273. The van der Waals surface area contributed by atoms with Crippen molar-refractivity contribution in [2.45, 2.75) is 33.0 Å². The van der Waals surface area contributed by atoms with Crippen molar-refractivity contribution in [2.24, 2.45) is 0 Å². The minimum Gasteiger partial charge on any atom is -0.496 e. The molecular formula is C33H31ClN4O5. The molecule has 0 N–H and O–H groups in total. The highest BCUT2D eigenvalue weighted by atomic mass is 35.5. The Hall–Kier alpha value is -4.76. The monoisotopic (exact) mass is 598 g/mol. The largest absolute Gasteiger partial charge is 0.496 e. The number of nitrogens with zero attached hydrogens (tertiary/aromatic N) is 4. The Morgan fingerprint density at radius 2 is 1.79 bits per heavy atom. The third kappa shape index (κ3) is 6.08. The number of ether oxygens (including phenoxy) is 4. The molecule has 0 spiro atoms. The molecule has 0 bridgehead atoms. The fourth-order valence-electron chi connectivity index (χ4n) is 5.25. The molecule has 5 aromatic rings. The molecule has 0 aliphatic carbocycles. The molecule has 9 nitrogen and oxygen atoms in total. The molecule has 0 radical (unpaired) electrons. The molecule has 0 saturated carbocycles. The summed E-state index contributed by atoms with van der Waals surface area (Å²) >= 11 is 6.42. The van der Waals surface area contributed by atoms with Gasteiger partial charge in [-0.15, -0.1) is 0 Å². The van der Waals surface area contributed by atoms with Gasteiger partial charge >= 0.3 is 0 Å². The van der Waals surface area contributed by atoms with Crippen LogP contribution in [0.4, 0.5) is 0 Å². The van der Waals surface area contributed by atoms with Crippen LogP contribution in [0.1, 0.15) is 23.2 Å². The van der Waals surface area contributed by atoms with Crippen LogP contribution in [0.15, 0.2) is 72.9 Å². The first-order valence-electron chi connectivity index (χ1n) is 13.9. The summed E-state index contributed by atoms with van der Waals surface area (Å²) in [7, 11) is 3.24. The van der Waals surface area contributed by atoms with Gasteiger partial charge in [0, 0.05) is 48.2 Å². The molecule has 10 heteroatoms. The quantitative estimate of drug-likeness (QED) is 0.183. The fraction of sp³-hybridized carbons (Fsp3) is 0.242. The number of fused-ring (bicyclic) bond motifs is 2. The highest BCUT2D eigenvalue weighted by molar-refractivity contribution is 6.30. The number of hydrogen-bond donors (Lipinski definition) is 0. The number of methoxy groups -OCH3 is 2. The molecule has 3 heterocycles. The Balaban J connectivity index is 1.42. The maximum absolute atomic E-state index is 13.9. The molecule has 0 atom stereocenters. The maximum atomic E-state index is 13.9. The van der Waals surface area contributed by atoms with Gasteiger partial charge < -0.3 is 23.8 Å². The van der Waals surface area contributed by atoms with Gasteiger partial charge in [-0.05, 0) is 66.6 Å². The topological polar surface area (TPSA) is 87.9 Å². The van der Waals surface area contributed by atoms with Gasteiger partial charge in [0.25, 0.3) is 0 Å². The number of rotatable bonds is 10. The van der Waals surface area contributed by atoms with Gasteiger partial charge in [0.1, 0.15) is 17.0 Å². The summed E-state index contributed by atoms with van der Waals surface area (Å²) in [6.07, 6.45) is 2.16. The van der Waals surface area contributed by atoms with Crippen LogP contribution in [0.3, 0.4) is 0 Å². The van der Waals surface area contributed by atoms with Crippen molar-refractivity contribution in [3.8, 4) is 34.3 Å². The molecule has 0 unspecified atom stereocenters. The molecule has 3 aromatic carbocycles. The van der Waals surface area contributed by atoms with Crippen LogP contribution in [0, 0.1) is 6.92 Å². The second kappa shape index (κ2) is 12.2. The Labute approximate surface area is 254 Å². The lowest BCUT2D eigenvalue weighted by molar-refractivity contribution is -0.132. The third-order valence-corrected chi connectivity index (χ3v) is 7.61. The summed E-state index contributed by atoms with van der Waals surface area (Å²) in [5.74, 6) is 2.61. The van der Waals surface area contributed by atoms with Crippen LogP contribution in [-0.4, -0.2) is 46.6 Å². The van der Waals surface area contributed by atoms with Crippen LogP contribution < -0.4 is 18.9 Å². The standard InChI is InChI=1S/C33H31ClN4O5/c1-21-11-13-38(36-21)14-12-31(39)37(18-22-7-8-28-30(15-22)43-20-42-28)19-24-17-26-27(40-2)9-10-29(41-3)33(26)35-32(24)23-5-4-6-25(34)16-23/h4-11,13,15-17H,12,14,18-20H2,1-3H3. The van der Waals surface area contributed by atoms with Gasteiger partial charge in [-0.2, -0.15) is 5.10 Å². The summed E-state index contributed by atoms with van der Waals surface area (Å²) in [4.78, 5) is 20.8. The second-order valence-electron chi connectivity index (χ2n) is 10.3. The molecule has 0 saturated heterocycles.